The predicted molar refractivity (Wildman–Crippen MR) is 157 cm³/mol. The van der Waals surface area contributed by atoms with E-state index in [1.165, 1.54) is 0 Å². The number of anilines is 1. The first-order chi connectivity index (χ1) is 19.5. The Morgan fingerprint density at radius 1 is 0.950 bits per heavy atom. The maximum absolute atomic E-state index is 14.1. The molecule has 1 aliphatic carbocycles. The molecule has 0 unspecified atom stereocenters. The zero-order valence-corrected chi connectivity index (χ0v) is 23.5. The highest BCUT2D eigenvalue weighted by Crippen LogP contribution is 2.34. The quantitative estimate of drug-likeness (QED) is 0.239. The number of rotatable bonds is 8. The molecule has 40 heavy (non-hydrogen) atoms. The van der Waals surface area contributed by atoms with Gasteiger partial charge in [-0.2, -0.15) is 0 Å². The van der Waals surface area contributed by atoms with Crippen molar-refractivity contribution in [2.75, 3.05) is 24.7 Å². The number of aromatic nitrogens is 2. The molecule has 1 aliphatic heterocycles. The fourth-order valence-corrected chi connectivity index (χ4v) is 5.63. The second-order valence-electron chi connectivity index (χ2n) is 10.9. The van der Waals surface area contributed by atoms with Crippen molar-refractivity contribution in [3.8, 4) is 5.69 Å². The molecule has 5 rings (SSSR count). The van der Waals surface area contributed by atoms with E-state index < -0.39 is 5.97 Å². The minimum absolute atomic E-state index is 0.0603. The normalized spacial score (nSPS) is 19.9. The molecule has 0 spiro atoms. The van der Waals surface area contributed by atoms with Gasteiger partial charge in [0.15, 0.2) is 5.82 Å². The van der Waals surface area contributed by atoms with Crippen LogP contribution in [0.5, 0.6) is 0 Å². The lowest BCUT2D eigenvalue weighted by molar-refractivity contribution is -0.124. The SMILES string of the molecule is CCOC(=O)c1cn(-c2ccc(C=Cc3ccccc3)cc2)nc1N(C(=O)C1CCC(C)CC1)C1CCOCC1. The van der Waals surface area contributed by atoms with Crippen LogP contribution in [0.1, 0.15) is 73.9 Å². The molecular weight excluding hydrogens is 502 g/mol. The Hall–Kier alpha value is -3.71. The Bertz CT molecular complexity index is 1300. The van der Waals surface area contributed by atoms with Crippen LogP contribution in [0.15, 0.2) is 60.8 Å². The summed E-state index contributed by atoms with van der Waals surface area (Å²) in [6.07, 6.45) is 11.1. The van der Waals surface area contributed by atoms with Crippen molar-refractivity contribution >= 4 is 29.8 Å². The van der Waals surface area contributed by atoms with Gasteiger partial charge in [0.25, 0.3) is 0 Å². The third-order valence-corrected chi connectivity index (χ3v) is 8.00. The standard InChI is InChI=1S/C33H39N3O4/c1-3-40-33(38)30-23-35(28-17-13-26(14-18-28)12-11-25-7-5-4-6-8-25)34-31(30)36(29-19-21-39-22-20-29)32(37)27-15-9-24(2)10-16-27/h4-8,11-14,17-18,23-24,27,29H,3,9-10,15-16,19-22H2,1-2H3. The van der Waals surface area contributed by atoms with Gasteiger partial charge in [0.05, 0.1) is 12.3 Å². The summed E-state index contributed by atoms with van der Waals surface area (Å²) in [6.45, 7) is 5.46. The van der Waals surface area contributed by atoms with E-state index in [0.29, 0.717) is 43.4 Å². The molecule has 0 N–H and O–H groups in total. The van der Waals surface area contributed by atoms with Crippen LogP contribution in [0.3, 0.4) is 0 Å². The molecule has 3 aromatic rings. The highest BCUT2D eigenvalue weighted by Gasteiger charge is 2.37. The average Bonchev–Trinajstić information content (AvgIpc) is 3.43. The number of amides is 1. The molecule has 0 bridgehead atoms. The topological polar surface area (TPSA) is 73.7 Å². The minimum atomic E-state index is -0.465. The third kappa shape index (κ3) is 6.53. The highest BCUT2D eigenvalue weighted by molar-refractivity contribution is 6.02. The summed E-state index contributed by atoms with van der Waals surface area (Å²) >= 11 is 0. The third-order valence-electron chi connectivity index (χ3n) is 8.00. The zero-order chi connectivity index (χ0) is 27.9. The fourth-order valence-electron chi connectivity index (χ4n) is 5.63. The number of hydrogen-bond acceptors (Lipinski definition) is 5. The molecule has 2 aliphatic rings. The lowest BCUT2D eigenvalue weighted by Crippen LogP contribution is -2.47. The van der Waals surface area contributed by atoms with Gasteiger partial charge in [-0.3, -0.25) is 9.69 Å². The van der Waals surface area contributed by atoms with E-state index in [1.54, 1.807) is 17.8 Å². The van der Waals surface area contributed by atoms with E-state index in [9.17, 15) is 9.59 Å². The monoisotopic (exact) mass is 541 g/mol. The van der Waals surface area contributed by atoms with Gasteiger partial charge in [0, 0.05) is 31.4 Å². The number of benzene rings is 2. The van der Waals surface area contributed by atoms with E-state index in [-0.39, 0.29) is 24.5 Å². The first kappa shape index (κ1) is 27.8. The first-order valence-corrected chi connectivity index (χ1v) is 14.5. The Morgan fingerprint density at radius 2 is 1.60 bits per heavy atom. The molecule has 1 saturated carbocycles. The van der Waals surface area contributed by atoms with Crippen molar-refractivity contribution in [1.82, 2.24) is 9.78 Å². The van der Waals surface area contributed by atoms with Gasteiger partial charge >= 0.3 is 5.97 Å². The van der Waals surface area contributed by atoms with Crippen LogP contribution in [0, 0.1) is 11.8 Å². The first-order valence-electron chi connectivity index (χ1n) is 14.5. The molecule has 1 saturated heterocycles. The van der Waals surface area contributed by atoms with Crippen molar-refractivity contribution in [2.24, 2.45) is 11.8 Å². The van der Waals surface area contributed by atoms with Gasteiger partial charge < -0.3 is 9.47 Å². The average molecular weight is 542 g/mol. The van der Waals surface area contributed by atoms with E-state index in [2.05, 4.69) is 31.2 Å². The molecule has 7 heteroatoms. The van der Waals surface area contributed by atoms with Gasteiger partial charge in [-0.1, -0.05) is 61.5 Å². The number of carbonyl (C=O) groups excluding carboxylic acids is 2. The molecule has 210 valence electrons. The van der Waals surface area contributed by atoms with Crippen LogP contribution >= 0.6 is 0 Å². The van der Waals surface area contributed by atoms with Gasteiger partial charge in [-0.25, -0.2) is 9.48 Å². The van der Waals surface area contributed by atoms with Crippen LogP contribution in [0.4, 0.5) is 5.82 Å². The summed E-state index contributed by atoms with van der Waals surface area (Å²) < 4.78 is 12.7. The molecule has 2 fully saturated rings. The number of ether oxygens (including phenoxy) is 2. The molecule has 1 aromatic heterocycles. The van der Waals surface area contributed by atoms with Crippen LogP contribution in [-0.2, 0) is 14.3 Å². The molecule has 0 radical (unpaired) electrons. The van der Waals surface area contributed by atoms with Gasteiger partial charge in [0.2, 0.25) is 5.91 Å². The Labute approximate surface area is 236 Å². The number of hydrogen-bond donors (Lipinski definition) is 0. The molecule has 2 heterocycles. The fraction of sp³-hybridized carbons (Fsp3) is 0.424. The van der Waals surface area contributed by atoms with E-state index in [0.717, 1.165) is 42.5 Å². The predicted octanol–water partition coefficient (Wildman–Crippen LogP) is 6.56. The molecule has 1 amide bonds. The number of carbonyl (C=O) groups is 2. The lowest BCUT2D eigenvalue weighted by Gasteiger charge is -2.37. The van der Waals surface area contributed by atoms with E-state index in [1.807, 2.05) is 47.4 Å². The molecular formula is C33H39N3O4. The van der Waals surface area contributed by atoms with E-state index >= 15 is 0 Å². The number of nitrogens with zero attached hydrogens (tertiary/aromatic N) is 3. The van der Waals surface area contributed by atoms with Crippen LogP contribution < -0.4 is 4.90 Å². The van der Waals surface area contributed by atoms with Gasteiger partial charge in [-0.15, -0.1) is 5.10 Å². The maximum Gasteiger partial charge on any atom is 0.343 e. The maximum atomic E-state index is 14.1. The van der Waals surface area contributed by atoms with Crippen molar-refractivity contribution in [1.29, 1.82) is 0 Å². The Kier molecular flexibility index (Phi) is 9.12. The van der Waals surface area contributed by atoms with Crippen LogP contribution in [-0.4, -0.2) is 47.5 Å². The smallest absolute Gasteiger partial charge is 0.343 e. The van der Waals surface area contributed by atoms with Crippen molar-refractivity contribution in [3.05, 3.63) is 77.5 Å². The largest absolute Gasteiger partial charge is 0.462 e. The highest BCUT2D eigenvalue weighted by atomic mass is 16.5. The summed E-state index contributed by atoms with van der Waals surface area (Å²) in [5.41, 5.74) is 3.31. The molecule has 7 nitrogen and oxygen atoms in total. The zero-order valence-electron chi connectivity index (χ0n) is 23.5. The van der Waals surface area contributed by atoms with Gasteiger partial charge in [0.1, 0.15) is 5.56 Å². The molecule has 2 aromatic carbocycles. The second kappa shape index (κ2) is 13.1. The van der Waals surface area contributed by atoms with Crippen molar-refractivity contribution < 1.29 is 19.1 Å². The molecule has 0 atom stereocenters. The number of esters is 1. The van der Waals surface area contributed by atoms with Crippen molar-refractivity contribution in [3.63, 3.8) is 0 Å². The summed E-state index contributed by atoms with van der Waals surface area (Å²) in [4.78, 5) is 29.1. The summed E-state index contributed by atoms with van der Waals surface area (Å²) in [5, 5.41) is 4.88. The Balaban J connectivity index is 1.47. The van der Waals surface area contributed by atoms with Gasteiger partial charge in [-0.05, 0) is 74.6 Å². The lowest BCUT2D eigenvalue weighted by atomic mass is 9.82. The van der Waals surface area contributed by atoms with Crippen LogP contribution in [0.25, 0.3) is 17.8 Å². The van der Waals surface area contributed by atoms with E-state index in [4.69, 9.17) is 14.6 Å². The Morgan fingerprint density at radius 3 is 2.25 bits per heavy atom. The van der Waals surface area contributed by atoms with Crippen LogP contribution in [0.2, 0.25) is 0 Å². The minimum Gasteiger partial charge on any atom is -0.462 e. The van der Waals surface area contributed by atoms with Crippen molar-refractivity contribution in [2.45, 2.75) is 58.4 Å². The second-order valence-corrected chi connectivity index (χ2v) is 10.9. The summed E-state index contributed by atoms with van der Waals surface area (Å²) in [6, 6.07) is 18.1. The summed E-state index contributed by atoms with van der Waals surface area (Å²) in [7, 11) is 0. The summed E-state index contributed by atoms with van der Waals surface area (Å²) in [5.74, 6) is 0.571.